The number of benzene rings is 2. The van der Waals surface area contributed by atoms with Crippen molar-refractivity contribution in [3.05, 3.63) is 66.2 Å². The fourth-order valence-electron chi connectivity index (χ4n) is 1.98. The van der Waals surface area contributed by atoms with E-state index in [0.29, 0.717) is 5.84 Å². The second kappa shape index (κ2) is 4.53. The van der Waals surface area contributed by atoms with Crippen molar-refractivity contribution < 1.29 is 6.21 Å². The van der Waals surface area contributed by atoms with E-state index in [1.165, 1.54) is 0 Å². The van der Waals surface area contributed by atoms with E-state index in [1.54, 1.807) is 4.90 Å². The molecule has 3 rings (SSSR count). The van der Waals surface area contributed by atoms with Gasteiger partial charge in [0.2, 0.25) is 6.20 Å². The van der Waals surface area contributed by atoms with Crippen molar-refractivity contribution in [1.82, 2.24) is 0 Å². The van der Waals surface area contributed by atoms with Gasteiger partial charge >= 0.3 is 0 Å². The summed E-state index contributed by atoms with van der Waals surface area (Å²) in [4.78, 5) is 7.17. The Labute approximate surface area is 108 Å². The van der Waals surface area contributed by atoms with Crippen LogP contribution in [0.25, 0.3) is 0 Å². The summed E-state index contributed by atoms with van der Waals surface area (Å²) in [5.74, 6) is 0.671. The minimum atomic E-state index is -1.34. The van der Waals surface area contributed by atoms with Gasteiger partial charge in [-0.3, -0.25) is 4.90 Å². The molecule has 0 saturated carbocycles. The van der Waals surface area contributed by atoms with E-state index in [4.69, 9.17) is 6.21 Å². The Morgan fingerprint density at radius 3 is 2.33 bits per heavy atom. The second-order valence-corrected chi connectivity index (χ2v) is 4.07. The van der Waals surface area contributed by atoms with Crippen molar-refractivity contribution in [2.75, 3.05) is 4.90 Å². The smallest absolute Gasteiger partial charge is 0.231 e. The number of hydrogen-bond donors (Lipinski definition) is 0. The summed E-state index contributed by atoms with van der Waals surface area (Å²) in [6, 6.07) is 19.2. The van der Waals surface area contributed by atoms with E-state index in [0.717, 1.165) is 11.3 Å². The van der Waals surface area contributed by atoms with Crippen molar-refractivity contribution in [3.63, 3.8) is 0 Å². The Balaban J connectivity index is 2.08. The molecule has 1 unspecified atom stereocenters. The van der Waals surface area contributed by atoms with Crippen LogP contribution in [0.4, 0.5) is 5.69 Å². The Bertz CT molecular complexity index is 600. The van der Waals surface area contributed by atoms with Crippen molar-refractivity contribution in [1.29, 1.82) is 0 Å². The minimum Gasteiger partial charge on any atom is -0.363 e. The first kappa shape index (κ1) is 9.71. The molecule has 1 aliphatic heterocycles. The van der Waals surface area contributed by atoms with Gasteiger partial charge in [0.1, 0.15) is 7.21 Å². The van der Waals surface area contributed by atoms with Crippen LogP contribution < -0.4 is 4.90 Å². The fourth-order valence-corrected chi connectivity index (χ4v) is 1.98. The third-order valence-electron chi connectivity index (χ3n) is 2.83. The first-order valence-corrected chi connectivity index (χ1v) is 5.85. The maximum Gasteiger partial charge on any atom is 0.231 e. The molecule has 0 bridgehead atoms. The fraction of sp³-hybridized carbons (Fsp3) is 0.133. The van der Waals surface area contributed by atoms with E-state index >= 15 is 0 Å². The molecule has 0 aromatic heterocycles. The van der Waals surface area contributed by atoms with Crippen LogP contribution in [0.5, 0.6) is 0 Å². The maximum absolute atomic E-state index is 8.64. The number of nitrogens with zero attached hydrogens (tertiary/aromatic N) is 2. The third kappa shape index (κ3) is 1.84. The number of amidine groups is 1. The molecule has 3 heteroatoms. The normalized spacial score (nSPS) is 23.3. The summed E-state index contributed by atoms with van der Waals surface area (Å²) in [5, 5.41) is 3.98. The zero-order chi connectivity index (χ0) is 13.3. The molecule has 0 amide bonds. The molecule has 0 spiro atoms. The zero-order valence-electron chi connectivity index (χ0n) is 11.1. The van der Waals surface area contributed by atoms with Gasteiger partial charge in [-0.25, -0.2) is 0 Å². The highest BCUT2D eigenvalue weighted by Crippen LogP contribution is 2.32. The summed E-state index contributed by atoms with van der Waals surface area (Å²) in [5.41, 5.74) is 1.64. The van der Waals surface area contributed by atoms with Crippen LogP contribution in [0.3, 0.4) is 0 Å². The predicted molar refractivity (Wildman–Crippen MR) is 72.3 cm³/mol. The molecule has 3 nitrogen and oxygen atoms in total. The van der Waals surface area contributed by atoms with Crippen molar-refractivity contribution >= 4 is 11.5 Å². The molecule has 0 radical (unpaired) electrons. The van der Waals surface area contributed by atoms with E-state index < -0.39 is 6.20 Å². The molecular weight excluding hydrogens is 224 g/mol. The number of rotatable bonds is 2. The van der Waals surface area contributed by atoms with Crippen LogP contribution in [0.2, 0.25) is 0 Å². The summed E-state index contributed by atoms with van der Waals surface area (Å²) in [6.07, 6.45) is -1.34. The third-order valence-corrected chi connectivity index (χ3v) is 2.83. The average Bonchev–Trinajstić information content (AvgIpc) is 2.78. The van der Waals surface area contributed by atoms with Gasteiger partial charge in [-0.1, -0.05) is 53.7 Å². The topological polar surface area (TPSA) is 24.8 Å². The van der Waals surface area contributed by atoms with Gasteiger partial charge in [0.15, 0.2) is 0 Å². The number of hydrogen-bond acceptors (Lipinski definition) is 3. The van der Waals surface area contributed by atoms with Crippen molar-refractivity contribution in [2.24, 2.45) is 5.16 Å². The van der Waals surface area contributed by atoms with E-state index in [-0.39, 0.29) is 0 Å². The second-order valence-electron chi connectivity index (χ2n) is 4.07. The molecule has 0 fully saturated rings. The quantitative estimate of drug-likeness (QED) is 0.800. The molecule has 0 N–H and O–H groups in total. The van der Waals surface area contributed by atoms with Gasteiger partial charge in [0.05, 0.1) is 0 Å². The largest absolute Gasteiger partial charge is 0.363 e. The molecular formula is C15H14N2O. The van der Waals surface area contributed by atoms with Crippen LogP contribution in [-0.4, -0.2) is 5.84 Å². The lowest BCUT2D eigenvalue weighted by molar-refractivity contribution is 0.0868. The van der Waals surface area contributed by atoms with Gasteiger partial charge in [-0.05, 0) is 19.1 Å². The van der Waals surface area contributed by atoms with Gasteiger partial charge < -0.3 is 4.84 Å². The van der Waals surface area contributed by atoms with E-state index in [2.05, 4.69) is 5.16 Å². The van der Waals surface area contributed by atoms with Crippen molar-refractivity contribution in [3.8, 4) is 0 Å². The highest BCUT2D eigenvalue weighted by Gasteiger charge is 2.29. The monoisotopic (exact) mass is 239 g/mol. The van der Waals surface area contributed by atoms with Gasteiger partial charge in [-0.15, -0.1) is 0 Å². The number of para-hydroxylation sites is 1. The predicted octanol–water partition coefficient (Wildman–Crippen LogP) is 3.56. The van der Waals surface area contributed by atoms with Gasteiger partial charge in [0, 0.05) is 11.3 Å². The van der Waals surface area contributed by atoms with E-state index in [9.17, 15) is 0 Å². The average molecular weight is 239 g/mol. The van der Waals surface area contributed by atoms with Crippen LogP contribution in [0, 0.1) is 0 Å². The Morgan fingerprint density at radius 1 is 1.06 bits per heavy atom. The van der Waals surface area contributed by atoms with E-state index in [1.807, 2.05) is 67.6 Å². The Morgan fingerprint density at radius 2 is 1.67 bits per heavy atom. The first-order valence-electron chi connectivity index (χ1n) is 6.35. The standard InChI is InChI=1S/C15H14N2O/c1-12-16-18-15(13-8-4-2-5-9-13)17(12)14-10-6-3-7-11-14/h2-11,15H,1H3/i15D. The highest BCUT2D eigenvalue weighted by molar-refractivity contribution is 5.97. The number of oxime groups is 1. The molecule has 18 heavy (non-hydrogen) atoms. The van der Waals surface area contributed by atoms with Gasteiger partial charge in [0.25, 0.3) is 0 Å². The summed E-state index contributed by atoms with van der Waals surface area (Å²) < 4.78 is 8.64. The maximum atomic E-state index is 8.64. The summed E-state index contributed by atoms with van der Waals surface area (Å²) >= 11 is 0. The lowest BCUT2D eigenvalue weighted by Crippen LogP contribution is -2.28. The highest BCUT2D eigenvalue weighted by atomic mass is 16.7. The molecule has 2 aromatic carbocycles. The molecule has 1 aliphatic rings. The molecule has 90 valence electrons. The van der Waals surface area contributed by atoms with Crippen molar-refractivity contribution in [2.45, 2.75) is 13.1 Å². The lowest BCUT2D eigenvalue weighted by Gasteiger charge is -2.24. The molecule has 0 saturated heterocycles. The first-order chi connectivity index (χ1) is 9.22. The molecule has 2 aromatic rings. The zero-order valence-corrected chi connectivity index (χ0v) is 10.1. The van der Waals surface area contributed by atoms with Crippen LogP contribution in [0.15, 0.2) is 65.8 Å². The summed E-state index contributed by atoms with van der Waals surface area (Å²) in [6.45, 7) is 1.84. The van der Waals surface area contributed by atoms with Crippen LogP contribution >= 0.6 is 0 Å². The lowest BCUT2D eigenvalue weighted by atomic mass is 10.1. The summed E-state index contributed by atoms with van der Waals surface area (Å²) in [7, 11) is 0. The Kier molecular flexibility index (Phi) is 2.44. The molecule has 1 atom stereocenters. The minimum absolute atomic E-state index is 0.671. The van der Waals surface area contributed by atoms with Gasteiger partial charge in [-0.2, -0.15) is 0 Å². The van der Waals surface area contributed by atoms with Crippen LogP contribution in [-0.2, 0) is 4.84 Å². The molecule has 0 aliphatic carbocycles. The number of anilines is 1. The molecule has 1 heterocycles. The van der Waals surface area contributed by atoms with Crippen LogP contribution in [0.1, 0.15) is 20.1 Å². The SMILES string of the molecule is [2H]C1(c2ccccc2)ON=C(C)N1c1ccccc1. The Hall–Kier alpha value is -2.29.